The smallest absolute Gasteiger partial charge is 0.145 e. The topological polar surface area (TPSA) is 17.8 Å². The normalized spacial score (nSPS) is 11.5. The number of rotatable bonds is 5. The molecule has 57 heavy (non-hydrogen) atoms. The van der Waals surface area contributed by atoms with Gasteiger partial charge in [0.05, 0.1) is 11.0 Å². The predicted molar refractivity (Wildman–Crippen MR) is 280 cm³/mol. The van der Waals surface area contributed by atoms with E-state index in [0.717, 1.165) is 28.1 Å². The highest BCUT2D eigenvalue weighted by atomic mass is 15.1. The lowest BCUT2D eigenvalue weighted by Crippen LogP contribution is -2.55. The summed E-state index contributed by atoms with van der Waals surface area (Å²) in [5.41, 5.74) is 25.8. The van der Waals surface area contributed by atoms with Gasteiger partial charge in [0.15, 0.2) is 0 Å². The molecule has 0 saturated heterocycles. The fourth-order valence-corrected chi connectivity index (χ4v) is 9.57. The summed E-state index contributed by atoms with van der Waals surface area (Å²) in [5.74, 6) is 0.939. The van der Waals surface area contributed by atoms with Crippen LogP contribution in [0, 0.1) is 0 Å². The summed E-state index contributed by atoms with van der Waals surface area (Å²) in [6.45, 7) is 0. The fourth-order valence-electron chi connectivity index (χ4n) is 9.57. The molecule has 0 aliphatic carbocycles. The summed E-state index contributed by atoms with van der Waals surface area (Å²) in [6, 6.07) is 44.4. The Morgan fingerprint density at radius 3 is 1.40 bits per heavy atom. The molecule has 0 bridgehead atoms. The van der Waals surface area contributed by atoms with E-state index in [1.807, 2.05) is 0 Å². The zero-order valence-corrected chi connectivity index (χ0v) is 34.9. The first kappa shape index (κ1) is 37.0. The molecule has 0 unspecified atom stereocenters. The minimum Gasteiger partial charge on any atom is -0.292 e. The summed E-state index contributed by atoms with van der Waals surface area (Å²) < 4.78 is 2.28. The van der Waals surface area contributed by atoms with Gasteiger partial charge in [-0.1, -0.05) is 113 Å². The molecule has 1 aromatic heterocycles. The molecule has 260 valence electrons. The van der Waals surface area contributed by atoms with Gasteiger partial charge in [-0.15, -0.1) is 32.8 Å². The molecule has 0 N–H and O–H groups in total. The molecule has 2 nitrogen and oxygen atoms in total. The van der Waals surface area contributed by atoms with Crippen molar-refractivity contribution < 1.29 is 0 Å². The van der Waals surface area contributed by atoms with E-state index in [-0.39, 0.29) is 0 Å². The highest BCUT2D eigenvalue weighted by Gasteiger charge is 2.23. The van der Waals surface area contributed by atoms with Crippen LogP contribution in [-0.4, -0.2) is 88.0 Å². The third-order valence-electron chi connectivity index (χ3n) is 13.6. The standard InChI is InChI=1S/C45H40B10N2/c46-35-32(36(47)40(51)43(54)39(35)50)23-18-19-27-28(20-23)33(34-37(48)41(52)44(55)42(53)38(34)49)26-11-5-4-10-25(26)31(27)21-14-16-22(17-15-21)45-56-29-12-6-7-13-30(29)57(45)24-8-2-1-3-9-24/h1-20H,46-55H2. The van der Waals surface area contributed by atoms with Crippen LogP contribution in [0.1, 0.15) is 0 Å². The van der Waals surface area contributed by atoms with Crippen molar-refractivity contribution in [2.45, 2.75) is 0 Å². The molecule has 0 atom stereocenters. The van der Waals surface area contributed by atoms with Crippen molar-refractivity contribution in [3.8, 4) is 50.5 Å². The van der Waals surface area contributed by atoms with E-state index in [9.17, 15) is 0 Å². The summed E-state index contributed by atoms with van der Waals surface area (Å²) in [6.07, 6.45) is 0. The van der Waals surface area contributed by atoms with Gasteiger partial charge in [-0.2, -0.15) is 0 Å². The van der Waals surface area contributed by atoms with Crippen LogP contribution in [0.2, 0.25) is 0 Å². The van der Waals surface area contributed by atoms with Crippen molar-refractivity contribution in [2.24, 2.45) is 0 Å². The summed E-state index contributed by atoms with van der Waals surface area (Å²) in [5, 5.41) is 5.11. The third-order valence-corrected chi connectivity index (χ3v) is 13.6. The molecular weight excluding hydrogens is 677 g/mol. The SMILES string of the molecule is Bc1c(B)c(B)c(-c2ccc3c(-c4ccc(-c5nc6ccccc6n5-c5ccccc5)cc4)c4ccccc4c(-c4c(B)c(B)c(B)c(B)c4B)c3c2)c(B)c1B. The molecule has 0 amide bonds. The average Bonchev–Trinajstić information content (AvgIpc) is 3.63. The van der Waals surface area contributed by atoms with Gasteiger partial charge in [0, 0.05) is 11.3 Å². The number of hydrogen-bond acceptors (Lipinski definition) is 1. The van der Waals surface area contributed by atoms with Crippen molar-refractivity contribution in [1.82, 2.24) is 9.55 Å². The zero-order chi connectivity index (χ0) is 39.9. The quantitative estimate of drug-likeness (QED) is 0.129. The Labute approximate surface area is 345 Å². The Balaban J connectivity index is 1.34. The van der Waals surface area contributed by atoms with Gasteiger partial charge in [-0.25, -0.2) is 4.98 Å². The lowest BCUT2D eigenvalue weighted by molar-refractivity contribution is 1.10. The molecule has 12 heteroatoms. The Kier molecular flexibility index (Phi) is 9.15. The highest BCUT2D eigenvalue weighted by molar-refractivity contribution is 6.70. The van der Waals surface area contributed by atoms with Crippen LogP contribution in [-0.2, 0) is 0 Å². The maximum atomic E-state index is 5.18. The van der Waals surface area contributed by atoms with E-state index in [2.05, 4.69) is 204 Å². The number of aromatic nitrogens is 2. The Bertz CT molecular complexity index is 3060. The molecule has 0 aliphatic rings. The van der Waals surface area contributed by atoms with Crippen LogP contribution in [0.15, 0.2) is 121 Å². The van der Waals surface area contributed by atoms with E-state index >= 15 is 0 Å². The first-order valence-electron chi connectivity index (χ1n) is 20.2. The number of hydrogen-bond donors (Lipinski definition) is 0. The van der Waals surface area contributed by atoms with E-state index in [1.165, 1.54) is 110 Å². The maximum absolute atomic E-state index is 5.18. The first-order chi connectivity index (χ1) is 27.5. The Morgan fingerprint density at radius 1 is 0.333 bits per heavy atom. The minimum absolute atomic E-state index is 0.939. The number of fused-ring (bicyclic) bond motifs is 3. The molecule has 9 aromatic rings. The summed E-state index contributed by atoms with van der Waals surface area (Å²) >= 11 is 0. The van der Waals surface area contributed by atoms with Gasteiger partial charge in [0.2, 0.25) is 0 Å². The number of nitrogens with zero attached hydrogens (tertiary/aromatic N) is 2. The molecule has 8 aromatic carbocycles. The number of benzene rings is 8. The van der Waals surface area contributed by atoms with Gasteiger partial charge in [0.25, 0.3) is 0 Å². The van der Waals surface area contributed by atoms with E-state index < -0.39 is 0 Å². The van der Waals surface area contributed by atoms with Crippen molar-refractivity contribution in [1.29, 1.82) is 0 Å². The van der Waals surface area contributed by atoms with E-state index in [0.29, 0.717) is 0 Å². The van der Waals surface area contributed by atoms with Gasteiger partial charge in [-0.05, 0) is 85.3 Å². The Hall–Kier alpha value is -5.60. The minimum atomic E-state index is 0.939. The second-order valence-corrected chi connectivity index (χ2v) is 16.2. The van der Waals surface area contributed by atoms with Gasteiger partial charge < -0.3 is 0 Å². The predicted octanol–water partition coefficient (Wildman–Crippen LogP) is -5.42. The molecule has 0 radical (unpaired) electrons. The molecular formula is C45H40B10N2. The summed E-state index contributed by atoms with van der Waals surface area (Å²) in [7, 11) is 22.9. The van der Waals surface area contributed by atoms with Crippen molar-refractivity contribution in [3.63, 3.8) is 0 Å². The van der Waals surface area contributed by atoms with Crippen molar-refractivity contribution in [2.75, 3.05) is 0 Å². The van der Waals surface area contributed by atoms with Crippen molar-refractivity contribution in [3.05, 3.63) is 121 Å². The lowest BCUT2D eigenvalue weighted by atomic mass is 9.59. The monoisotopic (exact) mass is 718 g/mol. The molecule has 1 heterocycles. The van der Waals surface area contributed by atoms with Crippen LogP contribution in [0.4, 0.5) is 0 Å². The number of para-hydroxylation sites is 3. The fraction of sp³-hybridized carbons (Fsp3) is 0. The summed E-state index contributed by atoms with van der Waals surface area (Å²) in [4.78, 5) is 5.18. The molecule has 0 fully saturated rings. The molecule has 9 rings (SSSR count). The van der Waals surface area contributed by atoms with E-state index in [4.69, 9.17) is 4.98 Å². The zero-order valence-electron chi connectivity index (χ0n) is 34.9. The third kappa shape index (κ3) is 5.74. The second-order valence-electron chi connectivity index (χ2n) is 16.2. The lowest BCUT2D eigenvalue weighted by Gasteiger charge is -2.25. The van der Waals surface area contributed by atoms with Gasteiger partial charge in [0.1, 0.15) is 84.3 Å². The largest absolute Gasteiger partial charge is 0.292 e. The molecule has 0 aliphatic heterocycles. The van der Waals surface area contributed by atoms with Gasteiger partial charge in [-0.3, -0.25) is 4.57 Å². The van der Waals surface area contributed by atoms with Crippen LogP contribution < -0.4 is 54.6 Å². The molecule has 0 saturated carbocycles. The second kappa shape index (κ2) is 14.1. The van der Waals surface area contributed by atoms with Crippen LogP contribution in [0.3, 0.4) is 0 Å². The highest BCUT2D eigenvalue weighted by Crippen LogP contribution is 2.44. The van der Waals surface area contributed by atoms with Gasteiger partial charge >= 0.3 is 0 Å². The Morgan fingerprint density at radius 2 is 0.789 bits per heavy atom. The maximum Gasteiger partial charge on any atom is 0.145 e. The van der Waals surface area contributed by atoms with Crippen LogP contribution in [0.25, 0.3) is 83.0 Å². The van der Waals surface area contributed by atoms with Crippen LogP contribution >= 0.6 is 0 Å². The van der Waals surface area contributed by atoms with Crippen molar-refractivity contribution >= 4 is 166 Å². The van der Waals surface area contributed by atoms with Crippen LogP contribution in [0.5, 0.6) is 0 Å². The van der Waals surface area contributed by atoms with E-state index in [1.54, 1.807) is 0 Å². The average molecular weight is 717 g/mol. The molecule has 0 spiro atoms. The first-order valence-corrected chi connectivity index (χ1v) is 20.2. The number of imidazole rings is 1.